The number of alkyl halides is 3. The molecule has 102 valence electrons. The third-order valence-corrected chi connectivity index (χ3v) is 3.87. The average molecular weight is 279 g/mol. The maximum atomic E-state index is 12.2. The summed E-state index contributed by atoms with van der Waals surface area (Å²) in [6, 6.07) is 0. The first-order chi connectivity index (χ1) is 8.49. The first kappa shape index (κ1) is 13.7. The molecule has 7 heteroatoms. The van der Waals surface area contributed by atoms with E-state index < -0.39 is 12.6 Å². The van der Waals surface area contributed by atoms with Gasteiger partial charge in [0.25, 0.3) is 0 Å². The Kier molecular flexibility index (Phi) is 4.21. The number of aromatic nitrogens is 2. The molecule has 0 bridgehead atoms. The van der Waals surface area contributed by atoms with Crippen LogP contribution in [-0.2, 0) is 13.0 Å². The van der Waals surface area contributed by atoms with Crippen molar-refractivity contribution in [1.82, 2.24) is 15.1 Å². The summed E-state index contributed by atoms with van der Waals surface area (Å²) in [7, 11) is 0. The molecular weight excluding hydrogens is 263 g/mol. The van der Waals surface area contributed by atoms with Crippen LogP contribution in [0.15, 0.2) is 5.03 Å². The van der Waals surface area contributed by atoms with E-state index in [2.05, 4.69) is 10.2 Å². The molecule has 0 radical (unpaired) electrons. The Balaban J connectivity index is 1.97. The van der Waals surface area contributed by atoms with Gasteiger partial charge in [0.15, 0.2) is 0 Å². The van der Waals surface area contributed by atoms with E-state index in [0.29, 0.717) is 13.1 Å². The molecule has 1 N–H and O–H groups in total. The normalized spacial score (nSPS) is 16.9. The smallest absolute Gasteiger partial charge is 0.298 e. The van der Waals surface area contributed by atoms with Gasteiger partial charge in [-0.05, 0) is 5.75 Å². The molecule has 1 aliphatic rings. The fourth-order valence-electron chi connectivity index (χ4n) is 2.06. The van der Waals surface area contributed by atoms with Crippen LogP contribution < -0.4 is 0 Å². The number of hydrogen-bond acceptors (Lipinski definition) is 3. The first-order valence-electron chi connectivity index (χ1n) is 5.97. The highest BCUT2D eigenvalue weighted by Gasteiger charge is 2.29. The number of thioether (sulfide) groups is 1. The van der Waals surface area contributed by atoms with Crippen molar-refractivity contribution in [3.05, 3.63) is 11.3 Å². The van der Waals surface area contributed by atoms with Gasteiger partial charge in [-0.3, -0.25) is 10.00 Å². The molecule has 0 saturated carbocycles. The van der Waals surface area contributed by atoms with Crippen LogP contribution in [0.3, 0.4) is 0 Å². The second kappa shape index (κ2) is 5.52. The van der Waals surface area contributed by atoms with Crippen molar-refractivity contribution in [3.63, 3.8) is 0 Å². The lowest BCUT2D eigenvalue weighted by molar-refractivity contribution is -0.138. The summed E-state index contributed by atoms with van der Waals surface area (Å²) < 4.78 is 36.6. The van der Waals surface area contributed by atoms with Gasteiger partial charge in [0, 0.05) is 37.3 Å². The van der Waals surface area contributed by atoms with Crippen LogP contribution in [-0.4, -0.2) is 40.1 Å². The van der Waals surface area contributed by atoms with Gasteiger partial charge < -0.3 is 0 Å². The van der Waals surface area contributed by atoms with E-state index in [0.717, 1.165) is 28.5 Å². The number of halogens is 3. The van der Waals surface area contributed by atoms with Crippen molar-refractivity contribution in [2.45, 2.75) is 37.5 Å². The number of aromatic amines is 1. The van der Waals surface area contributed by atoms with Gasteiger partial charge in [-0.1, -0.05) is 6.92 Å². The van der Waals surface area contributed by atoms with Crippen molar-refractivity contribution in [3.8, 4) is 0 Å². The van der Waals surface area contributed by atoms with Crippen molar-refractivity contribution < 1.29 is 13.2 Å². The maximum Gasteiger partial charge on any atom is 0.390 e. The lowest BCUT2D eigenvalue weighted by atomic mass is 10.1. The summed E-state index contributed by atoms with van der Waals surface area (Å²) in [6.07, 6.45) is -4.06. The van der Waals surface area contributed by atoms with E-state index in [1.165, 1.54) is 0 Å². The fourth-order valence-corrected chi connectivity index (χ4v) is 2.80. The van der Waals surface area contributed by atoms with Gasteiger partial charge in [-0.2, -0.15) is 18.3 Å². The van der Waals surface area contributed by atoms with E-state index in [4.69, 9.17) is 0 Å². The molecule has 0 saturated heterocycles. The van der Waals surface area contributed by atoms with Crippen LogP contribution in [0.1, 0.15) is 24.6 Å². The molecule has 0 atom stereocenters. The minimum atomic E-state index is -4.07. The highest BCUT2D eigenvalue weighted by atomic mass is 32.2. The summed E-state index contributed by atoms with van der Waals surface area (Å²) in [5, 5.41) is 8.14. The van der Waals surface area contributed by atoms with Gasteiger partial charge in [-0.25, -0.2) is 0 Å². The Bertz CT molecular complexity index is 403. The summed E-state index contributed by atoms with van der Waals surface area (Å²) >= 11 is 1.63. The van der Waals surface area contributed by atoms with Crippen LogP contribution in [0.2, 0.25) is 0 Å². The quantitative estimate of drug-likeness (QED) is 0.860. The van der Waals surface area contributed by atoms with Gasteiger partial charge in [0.1, 0.15) is 5.03 Å². The largest absolute Gasteiger partial charge is 0.390 e. The van der Waals surface area contributed by atoms with Crippen LogP contribution >= 0.6 is 11.8 Å². The zero-order valence-electron chi connectivity index (χ0n) is 10.2. The SMILES string of the molecule is CCSc1n[nH]c2c1CN(CCC(F)(F)F)CC2. The predicted molar refractivity (Wildman–Crippen MR) is 64.6 cm³/mol. The summed E-state index contributed by atoms with van der Waals surface area (Å²) in [5.41, 5.74) is 2.16. The second-order valence-corrected chi connectivity index (χ2v) is 5.56. The highest BCUT2D eigenvalue weighted by Crippen LogP contribution is 2.28. The van der Waals surface area contributed by atoms with Crippen molar-refractivity contribution in [1.29, 1.82) is 0 Å². The minimum Gasteiger partial charge on any atom is -0.298 e. The van der Waals surface area contributed by atoms with E-state index in [-0.39, 0.29) is 6.54 Å². The van der Waals surface area contributed by atoms with E-state index in [1.807, 2.05) is 11.8 Å². The minimum absolute atomic E-state index is 0.0738. The Morgan fingerprint density at radius 3 is 2.89 bits per heavy atom. The molecule has 0 fully saturated rings. The van der Waals surface area contributed by atoms with E-state index in [1.54, 1.807) is 11.8 Å². The molecule has 2 heterocycles. The summed E-state index contributed by atoms with van der Waals surface area (Å²) in [5.74, 6) is 0.917. The summed E-state index contributed by atoms with van der Waals surface area (Å²) in [4.78, 5) is 1.85. The van der Waals surface area contributed by atoms with Crippen molar-refractivity contribution >= 4 is 11.8 Å². The molecule has 18 heavy (non-hydrogen) atoms. The van der Waals surface area contributed by atoms with E-state index >= 15 is 0 Å². The van der Waals surface area contributed by atoms with Gasteiger partial charge in [-0.15, -0.1) is 11.8 Å². The number of hydrogen-bond donors (Lipinski definition) is 1. The molecule has 2 rings (SSSR count). The van der Waals surface area contributed by atoms with Gasteiger partial charge in [0.2, 0.25) is 0 Å². The molecule has 0 amide bonds. The average Bonchev–Trinajstić information content (AvgIpc) is 2.69. The van der Waals surface area contributed by atoms with Crippen LogP contribution in [0.25, 0.3) is 0 Å². The predicted octanol–water partition coefficient (Wildman–Crippen LogP) is 2.83. The summed E-state index contributed by atoms with van der Waals surface area (Å²) in [6.45, 7) is 3.35. The van der Waals surface area contributed by atoms with Crippen LogP contribution in [0.4, 0.5) is 13.2 Å². The monoisotopic (exact) mass is 279 g/mol. The molecule has 1 aromatic heterocycles. The standard InChI is InChI=1S/C11H16F3N3S/c1-2-18-10-8-7-17(6-4-11(12,13)14)5-3-9(8)15-16-10/h2-7H2,1H3,(H,15,16). The number of fused-ring (bicyclic) bond motifs is 1. The molecule has 1 aromatic rings. The zero-order chi connectivity index (χ0) is 13.2. The third-order valence-electron chi connectivity index (χ3n) is 2.97. The molecule has 0 unspecified atom stereocenters. The molecular formula is C11H16F3N3S. The molecule has 1 aliphatic heterocycles. The number of nitrogens with zero attached hydrogens (tertiary/aromatic N) is 2. The van der Waals surface area contributed by atoms with Crippen LogP contribution in [0.5, 0.6) is 0 Å². The maximum absolute atomic E-state index is 12.2. The highest BCUT2D eigenvalue weighted by molar-refractivity contribution is 7.99. The third kappa shape index (κ3) is 3.41. The lowest BCUT2D eigenvalue weighted by Crippen LogP contribution is -2.33. The van der Waals surface area contributed by atoms with Crippen LogP contribution in [0, 0.1) is 0 Å². The Hall–Kier alpha value is -0.690. The number of nitrogens with one attached hydrogen (secondary N) is 1. The van der Waals surface area contributed by atoms with E-state index in [9.17, 15) is 13.2 Å². The zero-order valence-corrected chi connectivity index (χ0v) is 11.0. The van der Waals surface area contributed by atoms with Crippen molar-refractivity contribution in [2.24, 2.45) is 0 Å². The van der Waals surface area contributed by atoms with Gasteiger partial charge >= 0.3 is 6.18 Å². The number of rotatable bonds is 4. The number of H-pyrrole nitrogens is 1. The van der Waals surface area contributed by atoms with Crippen molar-refractivity contribution in [2.75, 3.05) is 18.8 Å². The molecule has 0 aromatic carbocycles. The Morgan fingerprint density at radius 1 is 1.44 bits per heavy atom. The fraction of sp³-hybridized carbons (Fsp3) is 0.727. The lowest BCUT2D eigenvalue weighted by Gasteiger charge is -2.27. The Morgan fingerprint density at radius 2 is 2.22 bits per heavy atom. The molecule has 0 spiro atoms. The second-order valence-electron chi connectivity index (χ2n) is 4.31. The Labute approximate surface area is 108 Å². The molecule has 3 nitrogen and oxygen atoms in total. The topological polar surface area (TPSA) is 31.9 Å². The molecule has 0 aliphatic carbocycles. The first-order valence-corrected chi connectivity index (χ1v) is 6.96. The van der Waals surface area contributed by atoms with Gasteiger partial charge in [0.05, 0.1) is 6.42 Å².